The number of carbonyl (C=O) groups excluding carboxylic acids is 1. The van der Waals surface area contributed by atoms with Gasteiger partial charge >= 0.3 is 12.0 Å². The van der Waals surface area contributed by atoms with E-state index in [1.807, 2.05) is 25.1 Å². The SMILES string of the molecule is Cc1cccc(CC2(O)CCN(C(=O)NCCCC(=O)O)CC2)c1. The van der Waals surface area contributed by atoms with E-state index in [1.54, 1.807) is 4.90 Å². The first-order valence-electron chi connectivity index (χ1n) is 8.40. The van der Waals surface area contributed by atoms with Crippen LogP contribution in [0.5, 0.6) is 0 Å². The molecule has 2 rings (SSSR count). The molecule has 0 bridgehead atoms. The minimum Gasteiger partial charge on any atom is -0.481 e. The normalized spacial score (nSPS) is 16.7. The highest BCUT2D eigenvalue weighted by atomic mass is 16.4. The van der Waals surface area contributed by atoms with Gasteiger partial charge in [0.1, 0.15) is 0 Å². The molecule has 1 aliphatic heterocycles. The van der Waals surface area contributed by atoms with Crippen LogP contribution in [0.3, 0.4) is 0 Å². The number of carboxylic acid groups (broad SMARTS) is 1. The number of hydrogen-bond acceptors (Lipinski definition) is 3. The van der Waals surface area contributed by atoms with E-state index in [9.17, 15) is 14.7 Å². The lowest BCUT2D eigenvalue weighted by atomic mass is 9.85. The number of aryl methyl sites for hydroxylation is 1. The summed E-state index contributed by atoms with van der Waals surface area (Å²) >= 11 is 0. The van der Waals surface area contributed by atoms with Gasteiger partial charge in [0.05, 0.1) is 5.60 Å². The van der Waals surface area contributed by atoms with Gasteiger partial charge in [-0.2, -0.15) is 0 Å². The van der Waals surface area contributed by atoms with Crippen molar-refractivity contribution in [3.63, 3.8) is 0 Å². The zero-order valence-electron chi connectivity index (χ0n) is 14.1. The van der Waals surface area contributed by atoms with Gasteiger partial charge in [-0.3, -0.25) is 4.79 Å². The van der Waals surface area contributed by atoms with Gasteiger partial charge in [0.2, 0.25) is 0 Å². The molecule has 0 aromatic heterocycles. The molecule has 24 heavy (non-hydrogen) atoms. The number of hydrogen-bond donors (Lipinski definition) is 3. The third-order valence-electron chi connectivity index (χ3n) is 4.44. The summed E-state index contributed by atoms with van der Waals surface area (Å²) in [5, 5.41) is 22.1. The molecule has 6 heteroatoms. The largest absolute Gasteiger partial charge is 0.481 e. The molecule has 6 nitrogen and oxygen atoms in total. The first-order chi connectivity index (χ1) is 11.4. The van der Waals surface area contributed by atoms with Gasteiger partial charge in [-0.25, -0.2) is 4.79 Å². The molecule has 1 heterocycles. The number of urea groups is 1. The van der Waals surface area contributed by atoms with Crippen molar-refractivity contribution in [3.8, 4) is 0 Å². The summed E-state index contributed by atoms with van der Waals surface area (Å²) < 4.78 is 0. The van der Waals surface area contributed by atoms with E-state index in [2.05, 4.69) is 11.4 Å². The second-order valence-electron chi connectivity index (χ2n) is 6.61. The van der Waals surface area contributed by atoms with Crippen molar-refractivity contribution in [2.45, 2.75) is 44.6 Å². The number of nitrogens with one attached hydrogen (secondary N) is 1. The second-order valence-corrected chi connectivity index (χ2v) is 6.61. The Bertz CT molecular complexity index is 580. The Labute approximate surface area is 142 Å². The molecular weight excluding hydrogens is 308 g/mol. The summed E-state index contributed by atoms with van der Waals surface area (Å²) in [6.07, 6.45) is 2.17. The fraction of sp³-hybridized carbons (Fsp3) is 0.556. The highest BCUT2D eigenvalue weighted by molar-refractivity contribution is 5.74. The molecule has 1 saturated heterocycles. The summed E-state index contributed by atoms with van der Waals surface area (Å²) in [7, 11) is 0. The van der Waals surface area contributed by atoms with Gasteiger partial charge < -0.3 is 20.4 Å². The number of nitrogens with zero attached hydrogens (tertiary/aromatic N) is 1. The van der Waals surface area contributed by atoms with Crippen molar-refractivity contribution < 1.29 is 19.8 Å². The van der Waals surface area contributed by atoms with Crippen LogP contribution in [0.2, 0.25) is 0 Å². The number of amides is 2. The Kier molecular flexibility index (Phi) is 6.20. The Hall–Kier alpha value is -2.08. The number of rotatable bonds is 6. The lowest BCUT2D eigenvalue weighted by Gasteiger charge is -2.38. The highest BCUT2D eigenvalue weighted by Gasteiger charge is 2.33. The molecule has 0 aliphatic carbocycles. The van der Waals surface area contributed by atoms with Crippen LogP contribution in [0, 0.1) is 6.92 Å². The predicted octanol–water partition coefficient (Wildman–Crippen LogP) is 1.94. The van der Waals surface area contributed by atoms with Gasteiger partial charge in [-0.1, -0.05) is 29.8 Å². The quantitative estimate of drug-likeness (QED) is 0.694. The molecule has 1 aromatic rings. The first-order valence-corrected chi connectivity index (χ1v) is 8.40. The number of benzene rings is 1. The summed E-state index contributed by atoms with van der Waals surface area (Å²) in [4.78, 5) is 24.2. The zero-order chi connectivity index (χ0) is 17.6. The topological polar surface area (TPSA) is 89.9 Å². The minimum atomic E-state index is -0.858. The van der Waals surface area contributed by atoms with E-state index in [0.717, 1.165) is 5.56 Å². The maximum atomic E-state index is 12.0. The summed E-state index contributed by atoms with van der Waals surface area (Å²) in [6.45, 7) is 3.40. The predicted molar refractivity (Wildman–Crippen MR) is 90.9 cm³/mol. The molecule has 0 radical (unpaired) electrons. The molecule has 1 fully saturated rings. The maximum absolute atomic E-state index is 12.0. The smallest absolute Gasteiger partial charge is 0.317 e. The molecule has 2 amide bonds. The summed E-state index contributed by atoms with van der Waals surface area (Å²) in [5.41, 5.74) is 1.52. The minimum absolute atomic E-state index is 0.0521. The third-order valence-corrected chi connectivity index (χ3v) is 4.44. The van der Waals surface area contributed by atoms with Crippen molar-refractivity contribution in [3.05, 3.63) is 35.4 Å². The standard InChI is InChI=1S/C18H26N2O4/c1-14-4-2-5-15(12-14)13-18(24)7-10-20(11-8-18)17(23)19-9-3-6-16(21)22/h2,4-5,12,24H,3,6-11,13H2,1H3,(H,19,23)(H,21,22). The fourth-order valence-corrected chi connectivity index (χ4v) is 3.05. The van der Waals surface area contributed by atoms with Crippen LogP contribution in [0.25, 0.3) is 0 Å². The molecule has 3 N–H and O–H groups in total. The Morgan fingerprint density at radius 1 is 1.29 bits per heavy atom. The van der Waals surface area contributed by atoms with Crippen LogP contribution >= 0.6 is 0 Å². The molecule has 1 aromatic carbocycles. The van der Waals surface area contributed by atoms with Gasteiger partial charge in [-0.05, 0) is 31.7 Å². The Balaban J connectivity index is 1.77. The number of aliphatic carboxylic acids is 1. The van der Waals surface area contributed by atoms with Gasteiger partial charge in [-0.15, -0.1) is 0 Å². The van der Waals surface area contributed by atoms with Crippen LogP contribution in [-0.2, 0) is 11.2 Å². The lowest BCUT2D eigenvalue weighted by molar-refractivity contribution is -0.137. The number of likely N-dealkylation sites (tertiary alicyclic amines) is 1. The molecule has 0 atom stereocenters. The van der Waals surface area contributed by atoms with Crippen LogP contribution < -0.4 is 5.32 Å². The molecule has 132 valence electrons. The van der Waals surface area contributed by atoms with Crippen LogP contribution in [0.1, 0.15) is 36.8 Å². The monoisotopic (exact) mass is 334 g/mol. The zero-order valence-corrected chi connectivity index (χ0v) is 14.1. The highest BCUT2D eigenvalue weighted by Crippen LogP contribution is 2.26. The van der Waals surface area contributed by atoms with Crippen molar-refractivity contribution in [2.75, 3.05) is 19.6 Å². The van der Waals surface area contributed by atoms with Gasteiger partial charge in [0, 0.05) is 32.5 Å². The first kappa shape index (κ1) is 18.3. The number of carbonyl (C=O) groups is 2. The van der Waals surface area contributed by atoms with E-state index >= 15 is 0 Å². The number of piperidine rings is 1. The number of aliphatic hydroxyl groups is 1. The average Bonchev–Trinajstić information content (AvgIpc) is 2.51. The van der Waals surface area contributed by atoms with Gasteiger partial charge in [0.25, 0.3) is 0 Å². The van der Waals surface area contributed by atoms with Crippen LogP contribution in [0.15, 0.2) is 24.3 Å². The van der Waals surface area contributed by atoms with Crippen molar-refractivity contribution >= 4 is 12.0 Å². The van der Waals surface area contributed by atoms with E-state index in [4.69, 9.17) is 5.11 Å². The molecule has 0 spiro atoms. The van der Waals surface area contributed by atoms with E-state index < -0.39 is 11.6 Å². The van der Waals surface area contributed by atoms with Crippen LogP contribution in [-0.4, -0.2) is 52.3 Å². The average molecular weight is 334 g/mol. The summed E-state index contributed by atoms with van der Waals surface area (Å²) in [6, 6.07) is 7.95. The number of carboxylic acids is 1. The van der Waals surface area contributed by atoms with Gasteiger partial charge in [0.15, 0.2) is 0 Å². The van der Waals surface area contributed by atoms with Crippen LogP contribution in [0.4, 0.5) is 4.79 Å². The second kappa shape index (κ2) is 8.15. The van der Waals surface area contributed by atoms with Crippen molar-refractivity contribution in [2.24, 2.45) is 0 Å². The Morgan fingerprint density at radius 3 is 2.62 bits per heavy atom. The summed E-state index contributed by atoms with van der Waals surface area (Å²) in [5.74, 6) is -0.858. The van der Waals surface area contributed by atoms with Crippen molar-refractivity contribution in [1.82, 2.24) is 10.2 Å². The fourth-order valence-electron chi connectivity index (χ4n) is 3.05. The molecular formula is C18H26N2O4. The van der Waals surface area contributed by atoms with E-state index in [-0.39, 0.29) is 12.5 Å². The van der Waals surface area contributed by atoms with E-state index in [0.29, 0.717) is 45.3 Å². The molecule has 0 unspecified atom stereocenters. The van der Waals surface area contributed by atoms with Crippen molar-refractivity contribution in [1.29, 1.82) is 0 Å². The molecule has 0 saturated carbocycles. The lowest BCUT2D eigenvalue weighted by Crippen LogP contribution is -2.50. The molecule has 1 aliphatic rings. The Morgan fingerprint density at radius 2 is 2.00 bits per heavy atom. The van der Waals surface area contributed by atoms with E-state index in [1.165, 1.54) is 5.56 Å². The maximum Gasteiger partial charge on any atom is 0.317 e. The third kappa shape index (κ3) is 5.53.